The minimum atomic E-state index is -0.681. The number of carboxylic acids is 1. The molecule has 1 aliphatic rings. The molecule has 0 atom stereocenters. The predicted molar refractivity (Wildman–Crippen MR) is 67.2 cm³/mol. The maximum atomic E-state index is 11.1. The molecular weight excluding hydrogens is 234 g/mol. The fourth-order valence-electron chi connectivity index (χ4n) is 2.26. The summed E-state index contributed by atoms with van der Waals surface area (Å²) >= 11 is 0. The van der Waals surface area contributed by atoms with Crippen molar-refractivity contribution < 1.29 is 19.4 Å². The van der Waals surface area contributed by atoms with Gasteiger partial charge in [0.2, 0.25) is 0 Å². The van der Waals surface area contributed by atoms with Crippen molar-refractivity contribution in [1.82, 2.24) is 5.32 Å². The first-order valence-electron chi connectivity index (χ1n) is 6.37. The van der Waals surface area contributed by atoms with Crippen molar-refractivity contribution in [3.63, 3.8) is 0 Å². The largest absolute Gasteiger partial charge is 0.481 e. The topological polar surface area (TPSA) is 75.6 Å². The summed E-state index contributed by atoms with van der Waals surface area (Å²) in [6, 6.07) is 0. The number of amides is 1. The van der Waals surface area contributed by atoms with Crippen molar-refractivity contribution in [2.24, 2.45) is 11.8 Å². The molecule has 0 aromatic heterocycles. The highest BCUT2D eigenvalue weighted by Crippen LogP contribution is 2.30. The van der Waals surface area contributed by atoms with E-state index < -0.39 is 12.1 Å². The summed E-state index contributed by atoms with van der Waals surface area (Å²) in [5.74, 6) is -0.341. The molecule has 0 radical (unpaired) electrons. The summed E-state index contributed by atoms with van der Waals surface area (Å²) in [6.45, 7) is 4.25. The van der Waals surface area contributed by atoms with Crippen molar-refractivity contribution in [3.05, 3.63) is 12.7 Å². The lowest BCUT2D eigenvalue weighted by Crippen LogP contribution is -2.28. The fraction of sp³-hybridized carbons (Fsp3) is 0.692. The fourth-order valence-corrected chi connectivity index (χ4v) is 2.26. The van der Waals surface area contributed by atoms with Gasteiger partial charge in [-0.25, -0.2) is 4.79 Å². The Kier molecular flexibility index (Phi) is 6.25. The smallest absolute Gasteiger partial charge is 0.407 e. The number of carbonyl (C=O) groups is 2. The predicted octanol–water partition coefficient (Wildman–Crippen LogP) is 2.18. The van der Waals surface area contributed by atoms with Gasteiger partial charge in [0.05, 0.1) is 5.92 Å². The number of nitrogens with one attached hydrogen (secondary N) is 1. The molecule has 5 heteroatoms. The van der Waals surface area contributed by atoms with Gasteiger partial charge in [-0.1, -0.05) is 12.7 Å². The Labute approximate surface area is 107 Å². The van der Waals surface area contributed by atoms with Gasteiger partial charge in [-0.3, -0.25) is 4.79 Å². The number of carbonyl (C=O) groups excluding carboxylic acids is 1. The van der Waals surface area contributed by atoms with E-state index in [1.54, 1.807) is 0 Å². The van der Waals surface area contributed by atoms with Crippen molar-refractivity contribution in [2.45, 2.75) is 32.1 Å². The summed E-state index contributed by atoms with van der Waals surface area (Å²) < 4.78 is 4.78. The van der Waals surface area contributed by atoms with Crippen LogP contribution in [0.15, 0.2) is 12.7 Å². The number of ether oxygens (including phenoxy) is 1. The van der Waals surface area contributed by atoms with E-state index in [4.69, 9.17) is 9.84 Å². The van der Waals surface area contributed by atoms with E-state index in [0.29, 0.717) is 12.5 Å². The van der Waals surface area contributed by atoms with Gasteiger partial charge < -0.3 is 15.2 Å². The van der Waals surface area contributed by atoms with E-state index >= 15 is 0 Å². The van der Waals surface area contributed by atoms with Crippen molar-refractivity contribution >= 4 is 12.1 Å². The Balaban J connectivity index is 2.09. The summed E-state index contributed by atoms with van der Waals surface area (Å²) in [6.07, 6.45) is 5.35. The molecular formula is C13H21NO4. The highest BCUT2D eigenvalue weighted by Gasteiger charge is 2.25. The van der Waals surface area contributed by atoms with Crippen molar-refractivity contribution in [2.75, 3.05) is 13.2 Å². The minimum absolute atomic E-state index is 0.174. The van der Waals surface area contributed by atoms with Crippen LogP contribution < -0.4 is 5.32 Å². The number of alkyl carbamates (subject to hydrolysis) is 1. The third kappa shape index (κ3) is 5.21. The van der Waals surface area contributed by atoms with Crippen LogP contribution in [0.3, 0.4) is 0 Å². The molecule has 0 unspecified atom stereocenters. The molecule has 1 rings (SSSR count). The summed E-state index contributed by atoms with van der Waals surface area (Å²) in [5.41, 5.74) is 0. The van der Waals surface area contributed by atoms with E-state index in [9.17, 15) is 9.59 Å². The lowest BCUT2D eigenvalue weighted by atomic mass is 9.80. The maximum Gasteiger partial charge on any atom is 0.407 e. The van der Waals surface area contributed by atoms with Gasteiger partial charge >= 0.3 is 12.1 Å². The second-order valence-corrected chi connectivity index (χ2v) is 4.66. The van der Waals surface area contributed by atoms with Gasteiger partial charge in [0.25, 0.3) is 0 Å². The monoisotopic (exact) mass is 255 g/mol. The molecule has 18 heavy (non-hydrogen) atoms. The van der Waals surface area contributed by atoms with Gasteiger partial charge in [0, 0.05) is 6.54 Å². The number of hydrogen-bond acceptors (Lipinski definition) is 3. The zero-order chi connectivity index (χ0) is 13.4. The number of rotatable bonds is 6. The van der Waals surface area contributed by atoms with E-state index in [2.05, 4.69) is 11.9 Å². The third-order valence-electron chi connectivity index (χ3n) is 3.35. The van der Waals surface area contributed by atoms with E-state index in [-0.39, 0.29) is 12.5 Å². The minimum Gasteiger partial charge on any atom is -0.481 e. The molecule has 102 valence electrons. The summed E-state index contributed by atoms with van der Waals surface area (Å²) in [5, 5.41) is 11.5. The van der Waals surface area contributed by atoms with E-state index in [1.807, 2.05) is 0 Å². The first kappa shape index (κ1) is 14.5. The lowest BCUT2D eigenvalue weighted by Gasteiger charge is -2.25. The zero-order valence-corrected chi connectivity index (χ0v) is 10.6. The van der Waals surface area contributed by atoms with Gasteiger partial charge in [-0.2, -0.15) is 0 Å². The summed E-state index contributed by atoms with van der Waals surface area (Å²) in [7, 11) is 0. The number of aliphatic carboxylic acids is 1. The summed E-state index contributed by atoms with van der Waals surface area (Å²) in [4.78, 5) is 21.9. The Morgan fingerprint density at radius 3 is 2.56 bits per heavy atom. The van der Waals surface area contributed by atoms with E-state index in [0.717, 1.165) is 32.1 Å². The molecule has 2 N–H and O–H groups in total. The molecule has 0 bridgehead atoms. The van der Waals surface area contributed by atoms with Gasteiger partial charge in [0.1, 0.15) is 6.61 Å². The Hall–Kier alpha value is -1.52. The molecule has 0 aromatic rings. The highest BCUT2D eigenvalue weighted by molar-refractivity contribution is 5.70. The first-order chi connectivity index (χ1) is 8.63. The molecule has 0 heterocycles. The van der Waals surface area contributed by atoms with Crippen LogP contribution in [-0.4, -0.2) is 30.3 Å². The van der Waals surface area contributed by atoms with Crippen molar-refractivity contribution in [1.29, 1.82) is 0 Å². The van der Waals surface area contributed by atoms with Gasteiger partial charge in [-0.05, 0) is 38.0 Å². The van der Waals surface area contributed by atoms with Gasteiger partial charge in [-0.15, -0.1) is 0 Å². The van der Waals surface area contributed by atoms with Crippen LogP contribution in [0.1, 0.15) is 32.1 Å². The Morgan fingerprint density at radius 1 is 1.33 bits per heavy atom. The van der Waals surface area contributed by atoms with Gasteiger partial charge in [0.15, 0.2) is 0 Å². The normalized spacial score (nSPS) is 23.1. The second-order valence-electron chi connectivity index (χ2n) is 4.66. The lowest BCUT2D eigenvalue weighted by molar-refractivity contribution is -0.143. The molecule has 0 saturated heterocycles. The Morgan fingerprint density at radius 2 is 2.00 bits per heavy atom. The molecule has 1 aliphatic carbocycles. The molecule has 1 amide bonds. The van der Waals surface area contributed by atoms with Crippen LogP contribution in [-0.2, 0) is 9.53 Å². The second kappa shape index (κ2) is 7.74. The van der Waals surface area contributed by atoms with Crippen LogP contribution in [0, 0.1) is 11.8 Å². The first-order valence-corrected chi connectivity index (χ1v) is 6.37. The zero-order valence-electron chi connectivity index (χ0n) is 10.6. The third-order valence-corrected chi connectivity index (χ3v) is 3.35. The molecule has 0 aliphatic heterocycles. The number of carboxylic acid groups (broad SMARTS) is 1. The van der Waals surface area contributed by atoms with Crippen molar-refractivity contribution in [3.8, 4) is 0 Å². The number of hydrogen-bond donors (Lipinski definition) is 2. The molecule has 1 saturated carbocycles. The van der Waals surface area contributed by atoms with Crippen LogP contribution >= 0.6 is 0 Å². The van der Waals surface area contributed by atoms with Crippen LogP contribution in [0.25, 0.3) is 0 Å². The molecule has 0 aromatic carbocycles. The molecule has 0 spiro atoms. The maximum absolute atomic E-state index is 11.1. The van der Waals surface area contributed by atoms with Crippen LogP contribution in [0.5, 0.6) is 0 Å². The molecule has 1 fully saturated rings. The molecule has 5 nitrogen and oxygen atoms in total. The standard InChI is InChI=1S/C13H21NO4/c1-2-9-18-13(17)14-8-7-10-3-5-11(6-4-10)12(15)16/h2,10-11H,1,3-9H2,(H,14,17)(H,15,16). The van der Waals surface area contributed by atoms with Crippen LogP contribution in [0.4, 0.5) is 4.79 Å². The van der Waals surface area contributed by atoms with Crippen LogP contribution in [0.2, 0.25) is 0 Å². The Bertz CT molecular complexity index is 295. The highest BCUT2D eigenvalue weighted by atomic mass is 16.5. The SMILES string of the molecule is C=CCOC(=O)NCCC1CCC(C(=O)O)CC1. The van der Waals surface area contributed by atoms with E-state index in [1.165, 1.54) is 6.08 Å². The average Bonchev–Trinajstić information content (AvgIpc) is 2.37. The average molecular weight is 255 g/mol. The quantitative estimate of drug-likeness (QED) is 0.713.